The van der Waals surface area contributed by atoms with Crippen molar-refractivity contribution >= 4 is 37.2 Å². The van der Waals surface area contributed by atoms with Crippen molar-refractivity contribution in [2.75, 3.05) is 5.73 Å². The highest BCUT2D eigenvalue weighted by atomic mass is 32.2. The highest BCUT2D eigenvalue weighted by molar-refractivity contribution is 7.86. The van der Waals surface area contributed by atoms with Crippen LogP contribution in [-0.2, 0) is 26.0 Å². The Morgan fingerprint density at radius 2 is 1.50 bits per heavy atom. The number of nitrogen functional groups attached to an aromatic ring is 1. The van der Waals surface area contributed by atoms with E-state index in [2.05, 4.69) is 0 Å². The van der Waals surface area contributed by atoms with E-state index in [1.165, 1.54) is 12.1 Å². The van der Waals surface area contributed by atoms with Gasteiger partial charge in [-0.15, -0.1) is 0 Å². The first-order valence-corrected chi connectivity index (χ1v) is 11.6. The molecule has 0 bridgehead atoms. The highest BCUT2D eigenvalue weighted by Crippen LogP contribution is 2.32. The van der Waals surface area contributed by atoms with Gasteiger partial charge in [-0.1, -0.05) is 24.3 Å². The number of hydrogen-bond donors (Lipinski definition) is 3. The molecule has 0 spiro atoms. The third-order valence-corrected chi connectivity index (χ3v) is 5.96. The summed E-state index contributed by atoms with van der Waals surface area (Å²) in [5.74, 6) is -0.997. The summed E-state index contributed by atoms with van der Waals surface area (Å²) in [4.78, 5) is -0.721. The van der Waals surface area contributed by atoms with Crippen molar-refractivity contribution in [3.8, 4) is 0 Å². The Balaban J connectivity index is 2.28. The normalized spacial score (nSPS) is 14.2. The van der Waals surface area contributed by atoms with E-state index in [9.17, 15) is 21.4 Å². The van der Waals surface area contributed by atoms with Gasteiger partial charge < -0.3 is 10.3 Å². The van der Waals surface area contributed by atoms with Crippen LogP contribution < -0.4 is 11.1 Å². The largest absolute Gasteiger partial charge is 0.744 e. The Labute approximate surface area is 174 Å². The number of anilines is 1. The minimum Gasteiger partial charge on any atom is -0.744 e. The summed E-state index contributed by atoms with van der Waals surface area (Å²) in [5.41, 5.74) is 8.81. The molecule has 5 N–H and O–H groups in total. The number of nitrogens with two attached hydrogens (primary N) is 2. The molecule has 0 fully saturated rings. The summed E-state index contributed by atoms with van der Waals surface area (Å²) in [6, 6.07) is 10.6. The maximum Gasteiger partial charge on any atom is 0.269 e. The van der Waals surface area contributed by atoms with Crippen LogP contribution in [-0.4, -0.2) is 31.7 Å². The molecular weight excluding hydrogens is 428 g/mol. The molecule has 8 nitrogen and oxygen atoms in total. The molecule has 30 heavy (non-hydrogen) atoms. The molecule has 1 aliphatic rings. The zero-order valence-corrected chi connectivity index (χ0v) is 17.2. The molecule has 0 amide bonds. The van der Waals surface area contributed by atoms with Crippen molar-refractivity contribution < 1.29 is 31.4 Å². The summed E-state index contributed by atoms with van der Waals surface area (Å²) in [7, 11) is -9.56. The second-order valence-corrected chi connectivity index (χ2v) is 9.42. The zero-order chi connectivity index (χ0) is 22.1. The quantitative estimate of drug-likeness (QED) is 0.449. The van der Waals surface area contributed by atoms with Crippen LogP contribution in [0.2, 0.25) is 0 Å². The topological polar surface area (TPSA) is 163 Å². The van der Waals surface area contributed by atoms with E-state index in [0.29, 0.717) is 33.7 Å². The molecule has 0 aromatic heterocycles. The first-order chi connectivity index (χ1) is 13.9. The van der Waals surface area contributed by atoms with E-state index >= 15 is 0 Å². The van der Waals surface area contributed by atoms with E-state index < -0.39 is 30.9 Å². The molecule has 2 aromatic rings. The van der Waals surface area contributed by atoms with Gasteiger partial charge in [-0.3, -0.25) is 9.96 Å². The number of rotatable bonds is 5. The van der Waals surface area contributed by atoms with E-state index in [-0.39, 0.29) is 5.56 Å². The fraction of sp³-hybridized carbons (Fsp3) is 0.0500. The SMILES string of the molecule is Nc1ccc(C(=C2C=CC(=[NH2+])C=C2)c2ccc(CS(=O)(=O)O)c(S(=O)(=O)[O-])c2)cc1. The van der Waals surface area contributed by atoms with Gasteiger partial charge in [-0.2, -0.15) is 8.42 Å². The van der Waals surface area contributed by atoms with Gasteiger partial charge in [0, 0.05) is 17.8 Å². The van der Waals surface area contributed by atoms with Crippen LogP contribution >= 0.6 is 0 Å². The lowest BCUT2D eigenvalue weighted by atomic mass is 9.90. The van der Waals surface area contributed by atoms with Gasteiger partial charge >= 0.3 is 0 Å². The van der Waals surface area contributed by atoms with Gasteiger partial charge in [-0.25, -0.2) is 8.42 Å². The predicted molar refractivity (Wildman–Crippen MR) is 112 cm³/mol. The lowest BCUT2D eigenvalue weighted by Gasteiger charge is -2.18. The van der Waals surface area contributed by atoms with Gasteiger partial charge in [0.15, 0.2) is 5.71 Å². The van der Waals surface area contributed by atoms with Crippen LogP contribution in [0.1, 0.15) is 16.7 Å². The van der Waals surface area contributed by atoms with Crippen LogP contribution in [0, 0.1) is 0 Å². The summed E-state index contributed by atoms with van der Waals surface area (Å²) in [5, 5.41) is 5.76. The fourth-order valence-electron chi connectivity index (χ4n) is 3.06. The van der Waals surface area contributed by atoms with E-state index in [1.807, 2.05) is 0 Å². The lowest BCUT2D eigenvalue weighted by Crippen LogP contribution is -2.37. The fourth-order valence-corrected chi connectivity index (χ4v) is 4.53. The summed E-state index contributed by atoms with van der Waals surface area (Å²) < 4.78 is 67.0. The summed E-state index contributed by atoms with van der Waals surface area (Å²) in [6.45, 7) is 0. The molecule has 0 atom stereocenters. The summed E-state index contributed by atoms with van der Waals surface area (Å²) in [6.07, 6.45) is 6.81. The average Bonchev–Trinajstić information content (AvgIpc) is 2.64. The minimum atomic E-state index is -5.02. The minimum absolute atomic E-state index is 0.315. The third-order valence-electron chi connectivity index (χ3n) is 4.36. The second-order valence-electron chi connectivity index (χ2n) is 6.62. The molecule has 0 unspecified atom stereocenters. The molecule has 2 aromatic carbocycles. The second kappa shape index (κ2) is 8.00. The predicted octanol–water partition coefficient (Wildman–Crippen LogP) is 0.689. The first kappa shape index (κ1) is 21.7. The van der Waals surface area contributed by atoms with E-state index in [1.54, 1.807) is 48.6 Å². The van der Waals surface area contributed by atoms with Crippen molar-refractivity contribution in [1.82, 2.24) is 0 Å². The molecule has 0 radical (unpaired) electrons. The van der Waals surface area contributed by atoms with Crippen LogP contribution in [0.3, 0.4) is 0 Å². The Morgan fingerprint density at radius 1 is 0.933 bits per heavy atom. The third kappa shape index (κ3) is 5.10. The average molecular weight is 447 g/mol. The molecule has 10 heteroatoms. The van der Waals surface area contributed by atoms with Gasteiger partial charge in [0.05, 0.1) is 4.90 Å². The standard InChI is InChI=1S/C20H18N2O6S2/c21-17-7-3-13(4-8-17)20(14-5-9-18(22)10-6-14)15-1-2-16(12-29(23,24)25)19(11-15)30(26,27)28/h1-11,21H,12,22H2,(H,23,24,25)(H,26,27,28). The molecule has 0 heterocycles. The van der Waals surface area contributed by atoms with Crippen molar-refractivity contribution in [1.29, 1.82) is 0 Å². The molecule has 1 aliphatic carbocycles. The monoisotopic (exact) mass is 446 g/mol. The van der Waals surface area contributed by atoms with E-state index in [4.69, 9.17) is 15.7 Å². The van der Waals surface area contributed by atoms with Gasteiger partial charge in [-0.05, 0) is 58.2 Å². The molecular formula is C20H18N2O6S2. The maximum atomic E-state index is 11.8. The van der Waals surface area contributed by atoms with E-state index in [0.717, 1.165) is 6.07 Å². The van der Waals surface area contributed by atoms with Crippen molar-refractivity contribution in [3.05, 3.63) is 89.0 Å². The Bertz CT molecular complexity index is 1300. The zero-order valence-electron chi connectivity index (χ0n) is 15.5. The summed E-state index contributed by atoms with van der Waals surface area (Å²) >= 11 is 0. The Hall–Kier alpha value is -3.05. The molecule has 0 aliphatic heterocycles. The number of benzene rings is 2. The van der Waals surface area contributed by atoms with Crippen molar-refractivity contribution in [2.45, 2.75) is 10.6 Å². The maximum absolute atomic E-state index is 11.8. The molecule has 0 saturated heterocycles. The van der Waals surface area contributed by atoms with Crippen LogP contribution in [0.15, 0.2) is 77.2 Å². The molecule has 3 rings (SSSR count). The first-order valence-electron chi connectivity index (χ1n) is 8.57. The van der Waals surface area contributed by atoms with Crippen LogP contribution in [0.5, 0.6) is 0 Å². The van der Waals surface area contributed by atoms with Crippen molar-refractivity contribution in [3.63, 3.8) is 0 Å². The number of hydrogen-bond acceptors (Lipinski definition) is 6. The van der Waals surface area contributed by atoms with Gasteiger partial charge in [0.25, 0.3) is 10.1 Å². The number of allylic oxidation sites excluding steroid dienone is 5. The smallest absolute Gasteiger partial charge is 0.269 e. The molecule has 156 valence electrons. The van der Waals surface area contributed by atoms with Crippen LogP contribution in [0.4, 0.5) is 5.69 Å². The lowest BCUT2D eigenvalue weighted by molar-refractivity contribution is -0.110. The van der Waals surface area contributed by atoms with Gasteiger partial charge in [0.1, 0.15) is 15.9 Å². The van der Waals surface area contributed by atoms with Crippen LogP contribution in [0.25, 0.3) is 5.57 Å². The van der Waals surface area contributed by atoms with Gasteiger partial charge in [0.2, 0.25) is 0 Å². The van der Waals surface area contributed by atoms with Crippen molar-refractivity contribution in [2.24, 2.45) is 0 Å². The Kier molecular flexibility index (Phi) is 5.77. The molecule has 0 saturated carbocycles. The Morgan fingerprint density at radius 3 is 2.03 bits per heavy atom. The highest BCUT2D eigenvalue weighted by Gasteiger charge is 2.19.